The van der Waals surface area contributed by atoms with Crippen LogP contribution in [0, 0.1) is 0 Å². The summed E-state index contributed by atoms with van der Waals surface area (Å²) in [7, 11) is 0. The molecular weight excluding hydrogens is 268 g/mol. The van der Waals surface area contributed by atoms with E-state index in [1.165, 1.54) is 0 Å². The minimum atomic E-state index is -1.03. The van der Waals surface area contributed by atoms with Gasteiger partial charge in [0.1, 0.15) is 5.75 Å². The van der Waals surface area contributed by atoms with Crippen LogP contribution in [-0.2, 0) is 9.59 Å². The van der Waals surface area contributed by atoms with Gasteiger partial charge in [0.25, 0.3) is 0 Å². The molecule has 1 atom stereocenters. The van der Waals surface area contributed by atoms with Crippen LogP contribution in [0.4, 0.5) is 5.69 Å². The molecule has 1 aromatic rings. The highest BCUT2D eigenvalue weighted by atomic mass is 32.2. The van der Waals surface area contributed by atoms with Crippen molar-refractivity contribution in [1.29, 1.82) is 0 Å². The van der Waals surface area contributed by atoms with Crippen molar-refractivity contribution >= 4 is 29.3 Å². The third-order valence-corrected chi connectivity index (χ3v) is 3.46. The number of carboxylic acids is 1. The Hall–Kier alpha value is -1.73. The second-order valence-corrected chi connectivity index (χ2v) is 5.00. The van der Waals surface area contributed by atoms with Crippen molar-refractivity contribution in [3.05, 3.63) is 24.3 Å². The first kappa shape index (κ1) is 13.7. The van der Waals surface area contributed by atoms with Gasteiger partial charge in [-0.15, -0.1) is 11.8 Å². The lowest BCUT2D eigenvalue weighted by atomic mass is 10.2. The van der Waals surface area contributed by atoms with Crippen LogP contribution >= 0.6 is 11.8 Å². The number of carbonyl (C=O) groups excluding carboxylic acids is 1. The molecule has 1 amide bonds. The highest BCUT2D eigenvalue weighted by Gasteiger charge is 2.22. The summed E-state index contributed by atoms with van der Waals surface area (Å²) >= 11 is 1.69. The molecule has 102 valence electrons. The molecule has 1 aliphatic rings. The van der Waals surface area contributed by atoms with Gasteiger partial charge in [-0.05, 0) is 24.3 Å². The first-order chi connectivity index (χ1) is 9.15. The first-order valence-corrected chi connectivity index (χ1v) is 6.87. The van der Waals surface area contributed by atoms with Gasteiger partial charge in [-0.2, -0.15) is 0 Å². The predicted octanol–water partition coefficient (Wildman–Crippen LogP) is 0.751. The average molecular weight is 282 g/mol. The zero-order chi connectivity index (χ0) is 13.7. The van der Waals surface area contributed by atoms with E-state index in [4.69, 9.17) is 9.84 Å². The van der Waals surface area contributed by atoms with Crippen molar-refractivity contribution in [2.45, 2.75) is 6.04 Å². The molecule has 6 nitrogen and oxygen atoms in total. The third-order valence-electron chi connectivity index (χ3n) is 2.52. The van der Waals surface area contributed by atoms with E-state index in [9.17, 15) is 9.59 Å². The van der Waals surface area contributed by atoms with E-state index < -0.39 is 5.97 Å². The minimum absolute atomic E-state index is 0.0656. The van der Waals surface area contributed by atoms with Crippen LogP contribution in [0.25, 0.3) is 0 Å². The predicted molar refractivity (Wildman–Crippen MR) is 72.5 cm³/mol. The lowest BCUT2D eigenvalue weighted by Crippen LogP contribution is -2.37. The number of hydrogen-bond acceptors (Lipinski definition) is 5. The number of rotatable bonds is 5. The largest absolute Gasteiger partial charge is 0.482 e. The Morgan fingerprint density at radius 3 is 2.74 bits per heavy atom. The lowest BCUT2D eigenvalue weighted by Gasteiger charge is -2.11. The van der Waals surface area contributed by atoms with Crippen LogP contribution in [0.1, 0.15) is 0 Å². The summed E-state index contributed by atoms with van der Waals surface area (Å²) < 4.78 is 5.00. The van der Waals surface area contributed by atoms with Crippen LogP contribution in [0.15, 0.2) is 24.3 Å². The Labute approximate surface area is 114 Å². The summed E-state index contributed by atoms with van der Waals surface area (Å²) in [5.41, 5.74) is 0.659. The molecule has 7 heteroatoms. The summed E-state index contributed by atoms with van der Waals surface area (Å²) in [6.45, 7) is -0.380. The van der Waals surface area contributed by atoms with Crippen LogP contribution in [-0.4, -0.2) is 41.3 Å². The highest BCUT2D eigenvalue weighted by molar-refractivity contribution is 7.99. The Bertz CT molecular complexity index is 457. The maximum Gasteiger partial charge on any atom is 0.341 e. The quantitative estimate of drug-likeness (QED) is 0.738. The van der Waals surface area contributed by atoms with Crippen LogP contribution < -0.4 is 15.4 Å². The van der Waals surface area contributed by atoms with Crippen LogP contribution in [0.5, 0.6) is 5.75 Å². The highest BCUT2D eigenvalue weighted by Crippen LogP contribution is 2.17. The van der Waals surface area contributed by atoms with Gasteiger partial charge >= 0.3 is 5.97 Å². The van der Waals surface area contributed by atoms with Crippen molar-refractivity contribution in [2.75, 3.05) is 23.6 Å². The van der Waals surface area contributed by atoms with E-state index in [1.54, 1.807) is 36.0 Å². The van der Waals surface area contributed by atoms with E-state index in [0.717, 1.165) is 11.6 Å². The van der Waals surface area contributed by atoms with Gasteiger partial charge in [0, 0.05) is 17.3 Å². The fraction of sp³-hybridized carbons (Fsp3) is 0.333. The van der Waals surface area contributed by atoms with E-state index in [-0.39, 0.29) is 18.6 Å². The van der Waals surface area contributed by atoms with Gasteiger partial charge in [0.15, 0.2) is 6.61 Å². The van der Waals surface area contributed by atoms with Gasteiger partial charge in [-0.1, -0.05) is 0 Å². The fourth-order valence-electron chi connectivity index (χ4n) is 1.57. The molecule has 2 rings (SSSR count). The van der Waals surface area contributed by atoms with Crippen LogP contribution in [0.2, 0.25) is 0 Å². The minimum Gasteiger partial charge on any atom is -0.482 e. The number of nitrogens with one attached hydrogen (secondary N) is 2. The van der Waals surface area contributed by atoms with Crippen molar-refractivity contribution in [3.8, 4) is 5.75 Å². The molecule has 0 bridgehead atoms. The van der Waals surface area contributed by atoms with Crippen molar-refractivity contribution < 1.29 is 19.4 Å². The Morgan fingerprint density at radius 1 is 1.42 bits per heavy atom. The molecule has 0 spiro atoms. The maximum absolute atomic E-state index is 11.8. The molecule has 1 unspecified atom stereocenters. The molecule has 1 saturated heterocycles. The monoisotopic (exact) mass is 282 g/mol. The Morgan fingerprint density at radius 2 is 2.16 bits per heavy atom. The number of thioether (sulfide) groups is 1. The number of amides is 1. The smallest absolute Gasteiger partial charge is 0.341 e. The van der Waals surface area contributed by atoms with Gasteiger partial charge in [-0.25, -0.2) is 4.79 Å². The van der Waals surface area contributed by atoms with E-state index in [1.807, 2.05) is 0 Å². The molecule has 0 saturated carbocycles. The molecule has 19 heavy (non-hydrogen) atoms. The number of ether oxygens (including phenoxy) is 1. The molecule has 1 fully saturated rings. The van der Waals surface area contributed by atoms with Gasteiger partial charge in [0.2, 0.25) is 5.91 Å². The summed E-state index contributed by atoms with van der Waals surface area (Å²) in [6.07, 6.45) is 0. The Balaban J connectivity index is 1.87. The normalized spacial score (nSPS) is 18.0. The SMILES string of the molecule is O=C(O)COc1ccc(NC(=O)C2CSCN2)cc1. The van der Waals surface area contributed by atoms with Crippen molar-refractivity contribution in [3.63, 3.8) is 0 Å². The molecule has 1 aliphatic heterocycles. The average Bonchev–Trinajstić information content (AvgIpc) is 2.92. The molecule has 0 aromatic heterocycles. The van der Waals surface area contributed by atoms with E-state index >= 15 is 0 Å². The number of carboxylic acid groups (broad SMARTS) is 1. The van der Waals surface area contributed by atoms with Crippen molar-refractivity contribution in [2.24, 2.45) is 0 Å². The topological polar surface area (TPSA) is 87.7 Å². The molecule has 0 aliphatic carbocycles. The molecule has 3 N–H and O–H groups in total. The standard InChI is InChI=1S/C12H14N2O4S/c15-11(16)5-18-9-3-1-8(2-4-9)14-12(17)10-6-19-7-13-10/h1-4,10,13H,5-7H2,(H,14,17)(H,15,16). The fourth-order valence-corrected chi connectivity index (χ4v) is 2.51. The van der Waals surface area contributed by atoms with Gasteiger partial charge in [-0.3, -0.25) is 10.1 Å². The van der Waals surface area contributed by atoms with Crippen LogP contribution in [0.3, 0.4) is 0 Å². The molecule has 1 aromatic carbocycles. The zero-order valence-electron chi connectivity index (χ0n) is 10.1. The van der Waals surface area contributed by atoms with Gasteiger partial charge < -0.3 is 15.2 Å². The first-order valence-electron chi connectivity index (χ1n) is 5.72. The molecule has 0 radical (unpaired) electrons. The summed E-state index contributed by atoms with van der Waals surface area (Å²) in [6, 6.07) is 6.44. The number of hydrogen-bond donors (Lipinski definition) is 3. The number of benzene rings is 1. The second kappa shape index (κ2) is 6.44. The third kappa shape index (κ3) is 4.15. The van der Waals surface area contributed by atoms with E-state index in [2.05, 4.69) is 10.6 Å². The molecular formula is C12H14N2O4S. The van der Waals surface area contributed by atoms with Crippen molar-refractivity contribution in [1.82, 2.24) is 5.32 Å². The summed E-state index contributed by atoms with van der Waals surface area (Å²) in [4.78, 5) is 22.2. The maximum atomic E-state index is 11.8. The van der Waals surface area contributed by atoms with Gasteiger partial charge in [0.05, 0.1) is 6.04 Å². The summed E-state index contributed by atoms with van der Waals surface area (Å²) in [5.74, 6) is 0.924. The second-order valence-electron chi connectivity index (χ2n) is 3.97. The number of anilines is 1. The number of aliphatic carboxylic acids is 1. The zero-order valence-corrected chi connectivity index (χ0v) is 10.9. The van der Waals surface area contributed by atoms with E-state index in [0.29, 0.717) is 11.4 Å². The number of carbonyl (C=O) groups is 2. The molecule has 1 heterocycles. The summed E-state index contributed by atoms with van der Waals surface area (Å²) in [5, 5.41) is 14.3. The lowest BCUT2D eigenvalue weighted by molar-refractivity contribution is -0.139. The Kier molecular flexibility index (Phi) is 4.64.